The van der Waals surface area contributed by atoms with Gasteiger partial charge in [0.05, 0.1) is 12.1 Å². The van der Waals surface area contributed by atoms with Gasteiger partial charge in [0.25, 0.3) is 0 Å². The van der Waals surface area contributed by atoms with Crippen LogP contribution in [-0.4, -0.2) is 12.3 Å². The molecule has 0 aliphatic heterocycles. The minimum atomic E-state index is -4.39. The molecule has 152 valence electrons. The standard InChI is InChI=1S/C24H24F3NO/c1-2-3-5-15-22(18-23(29)20-12-6-4-7-13-20)28-16-9-11-19-10-8-14-21(17-19)24(25,26)27/h4,6-8,10,12-14,17-18,28H,2-3,5,15-16H2,1H3/b22-18-. The van der Waals surface area contributed by atoms with E-state index < -0.39 is 11.7 Å². The molecule has 0 saturated carbocycles. The van der Waals surface area contributed by atoms with Crippen LogP contribution in [0.1, 0.15) is 54.1 Å². The minimum Gasteiger partial charge on any atom is -0.377 e. The maximum Gasteiger partial charge on any atom is 0.416 e. The minimum absolute atomic E-state index is 0.0876. The van der Waals surface area contributed by atoms with Crippen LogP contribution in [0.3, 0.4) is 0 Å². The van der Waals surface area contributed by atoms with Crippen LogP contribution in [-0.2, 0) is 6.18 Å². The summed E-state index contributed by atoms with van der Waals surface area (Å²) in [6.07, 6.45) is 0.972. The van der Waals surface area contributed by atoms with E-state index in [0.717, 1.165) is 43.5 Å². The first-order valence-electron chi connectivity index (χ1n) is 9.60. The molecule has 0 spiro atoms. The number of ketones is 1. The highest BCUT2D eigenvalue weighted by molar-refractivity contribution is 6.04. The summed E-state index contributed by atoms with van der Waals surface area (Å²) in [4.78, 5) is 12.4. The van der Waals surface area contributed by atoms with E-state index in [4.69, 9.17) is 0 Å². The summed E-state index contributed by atoms with van der Waals surface area (Å²) >= 11 is 0. The molecule has 0 aromatic heterocycles. The number of benzene rings is 2. The zero-order chi connectivity index (χ0) is 21.1. The van der Waals surface area contributed by atoms with Crippen molar-refractivity contribution in [2.75, 3.05) is 6.54 Å². The predicted octanol–water partition coefficient (Wildman–Crippen LogP) is 5.99. The summed E-state index contributed by atoms with van der Waals surface area (Å²) in [5, 5.41) is 3.14. The molecule has 2 nitrogen and oxygen atoms in total. The van der Waals surface area contributed by atoms with Crippen molar-refractivity contribution in [3.63, 3.8) is 0 Å². The van der Waals surface area contributed by atoms with Crippen LogP contribution in [0, 0.1) is 11.8 Å². The van der Waals surface area contributed by atoms with Crippen LogP contribution in [0.5, 0.6) is 0 Å². The molecule has 0 bridgehead atoms. The van der Waals surface area contributed by atoms with E-state index in [-0.39, 0.29) is 12.3 Å². The highest BCUT2D eigenvalue weighted by atomic mass is 19.4. The third kappa shape index (κ3) is 7.87. The molecule has 0 aliphatic rings. The number of rotatable bonds is 8. The highest BCUT2D eigenvalue weighted by Crippen LogP contribution is 2.29. The Morgan fingerprint density at radius 1 is 1.07 bits per heavy atom. The van der Waals surface area contributed by atoms with E-state index in [9.17, 15) is 18.0 Å². The first-order chi connectivity index (χ1) is 13.9. The Morgan fingerprint density at radius 2 is 1.83 bits per heavy atom. The van der Waals surface area contributed by atoms with E-state index >= 15 is 0 Å². The molecule has 0 saturated heterocycles. The summed E-state index contributed by atoms with van der Waals surface area (Å²) in [6.45, 7) is 2.35. The van der Waals surface area contributed by atoms with Gasteiger partial charge in [-0.2, -0.15) is 13.2 Å². The average Bonchev–Trinajstić information content (AvgIpc) is 2.71. The number of unbranched alkanes of at least 4 members (excludes halogenated alkanes) is 2. The van der Waals surface area contributed by atoms with E-state index in [0.29, 0.717) is 11.1 Å². The fraction of sp³-hybridized carbons (Fsp3) is 0.292. The van der Waals surface area contributed by atoms with Gasteiger partial charge in [-0.3, -0.25) is 4.79 Å². The average molecular weight is 399 g/mol. The molecule has 5 heteroatoms. The molecule has 0 atom stereocenters. The number of alkyl halides is 3. The van der Waals surface area contributed by atoms with Gasteiger partial charge in [0.15, 0.2) is 5.78 Å². The number of carbonyl (C=O) groups is 1. The van der Waals surface area contributed by atoms with Crippen LogP contribution < -0.4 is 5.32 Å². The molecule has 0 aliphatic carbocycles. The second kappa shape index (κ2) is 11.1. The fourth-order valence-corrected chi connectivity index (χ4v) is 2.70. The van der Waals surface area contributed by atoms with Gasteiger partial charge >= 0.3 is 6.18 Å². The number of halogens is 3. The molecule has 2 aromatic carbocycles. The van der Waals surface area contributed by atoms with Gasteiger partial charge in [0.2, 0.25) is 0 Å². The summed E-state index contributed by atoms with van der Waals surface area (Å²) in [5.41, 5.74) is 0.979. The lowest BCUT2D eigenvalue weighted by molar-refractivity contribution is -0.137. The van der Waals surface area contributed by atoms with Gasteiger partial charge in [0.1, 0.15) is 0 Å². The van der Waals surface area contributed by atoms with Crippen molar-refractivity contribution in [3.05, 3.63) is 83.1 Å². The normalized spacial score (nSPS) is 11.5. The number of hydrogen-bond donors (Lipinski definition) is 1. The van der Waals surface area contributed by atoms with E-state index in [1.54, 1.807) is 24.3 Å². The number of hydrogen-bond acceptors (Lipinski definition) is 2. The molecular formula is C24H24F3NO. The summed E-state index contributed by atoms with van der Waals surface area (Å²) in [7, 11) is 0. The molecule has 0 fully saturated rings. The number of nitrogens with one attached hydrogen (secondary N) is 1. The Bertz CT molecular complexity index is 890. The summed E-state index contributed by atoms with van der Waals surface area (Å²) in [5.74, 6) is 5.49. The van der Waals surface area contributed by atoms with Crippen LogP contribution in [0.25, 0.3) is 0 Å². The van der Waals surface area contributed by atoms with Crippen molar-refractivity contribution >= 4 is 5.78 Å². The zero-order valence-electron chi connectivity index (χ0n) is 16.4. The molecule has 0 heterocycles. The topological polar surface area (TPSA) is 29.1 Å². The second-order valence-electron chi connectivity index (χ2n) is 6.59. The van der Waals surface area contributed by atoms with Crippen LogP contribution in [0.4, 0.5) is 13.2 Å². The van der Waals surface area contributed by atoms with Crippen molar-refractivity contribution in [2.24, 2.45) is 0 Å². The second-order valence-corrected chi connectivity index (χ2v) is 6.59. The van der Waals surface area contributed by atoms with Gasteiger partial charge in [0, 0.05) is 22.9 Å². The molecular weight excluding hydrogens is 375 g/mol. The Morgan fingerprint density at radius 3 is 2.52 bits per heavy atom. The number of allylic oxidation sites excluding steroid dienone is 2. The Labute approximate surface area is 169 Å². The summed E-state index contributed by atoms with van der Waals surface area (Å²) < 4.78 is 38.3. The van der Waals surface area contributed by atoms with Gasteiger partial charge in [-0.05, 0) is 31.0 Å². The molecule has 0 amide bonds. The first kappa shape index (κ1) is 22.3. The van der Waals surface area contributed by atoms with Crippen LogP contribution >= 0.6 is 0 Å². The van der Waals surface area contributed by atoms with Gasteiger partial charge in [-0.1, -0.05) is 68.0 Å². The van der Waals surface area contributed by atoms with Crippen molar-refractivity contribution in [1.29, 1.82) is 0 Å². The van der Waals surface area contributed by atoms with Crippen LogP contribution in [0.2, 0.25) is 0 Å². The van der Waals surface area contributed by atoms with Crippen molar-refractivity contribution in [1.82, 2.24) is 5.32 Å². The fourth-order valence-electron chi connectivity index (χ4n) is 2.70. The lowest BCUT2D eigenvalue weighted by Gasteiger charge is -2.08. The first-order valence-corrected chi connectivity index (χ1v) is 9.60. The Balaban J connectivity index is 2.04. The van der Waals surface area contributed by atoms with Crippen LogP contribution in [0.15, 0.2) is 66.4 Å². The molecule has 2 rings (SSSR count). The van der Waals surface area contributed by atoms with Gasteiger partial charge in [-0.15, -0.1) is 0 Å². The number of carbonyl (C=O) groups excluding carboxylic acids is 1. The SMILES string of the molecule is CCCCC/C(=C/C(=O)c1ccccc1)NCC#Cc1cccc(C(F)(F)F)c1. The monoisotopic (exact) mass is 399 g/mol. The Kier molecular flexibility index (Phi) is 8.54. The molecule has 1 N–H and O–H groups in total. The molecule has 29 heavy (non-hydrogen) atoms. The van der Waals surface area contributed by atoms with E-state index in [1.165, 1.54) is 6.07 Å². The highest BCUT2D eigenvalue weighted by Gasteiger charge is 2.30. The smallest absolute Gasteiger partial charge is 0.377 e. The van der Waals surface area contributed by atoms with Gasteiger partial charge in [-0.25, -0.2) is 0 Å². The van der Waals surface area contributed by atoms with E-state index in [2.05, 4.69) is 24.1 Å². The maximum absolute atomic E-state index is 12.8. The lowest BCUT2D eigenvalue weighted by atomic mass is 10.1. The summed E-state index contributed by atoms with van der Waals surface area (Å²) in [6, 6.07) is 13.9. The lowest BCUT2D eigenvalue weighted by Crippen LogP contribution is -2.15. The quantitative estimate of drug-likeness (QED) is 0.256. The van der Waals surface area contributed by atoms with Crippen molar-refractivity contribution in [3.8, 4) is 11.8 Å². The largest absolute Gasteiger partial charge is 0.416 e. The van der Waals surface area contributed by atoms with E-state index in [1.807, 2.05) is 18.2 Å². The molecule has 0 radical (unpaired) electrons. The van der Waals surface area contributed by atoms with Crippen molar-refractivity contribution in [2.45, 2.75) is 38.8 Å². The molecule has 2 aromatic rings. The Hall–Kier alpha value is -3.00. The maximum atomic E-state index is 12.8. The zero-order valence-corrected chi connectivity index (χ0v) is 16.4. The molecule has 0 unspecified atom stereocenters. The third-order valence-electron chi connectivity index (χ3n) is 4.24. The predicted molar refractivity (Wildman–Crippen MR) is 109 cm³/mol. The van der Waals surface area contributed by atoms with Gasteiger partial charge < -0.3 is 5.32 Å². The van der Waals surface area contributed by atoms with Crippen molar-refractivity contribution < 1.29 is 18.0 Å². The third-order valence-corrected chi connectivity index (χ3v) is 4.24.